The standard InChI is InChI=1S/C40H36N2O12/c1-25(32-8-4-6-10-35(32)41(46)47)23-51-39(44)53-29-16-12-27(13-17-29)38(34-21-20-31(50-3)22-37(34)43)28-14-18-30(19-15-28)54-40(45)52-24-26(2)33-9-5-7-11-36(33)42(48)49/h4-22,25-26,38,43H,23-24H2,1-3H3. The fraction of sp³-hybridized carbons (Fsp3) is 0.200. The summed E-state index contributed by atoms with van der Waals surface area (Å²) in [6.45, 7) is 3.12. The highest BCUT2D eigenvalue weighted by atomic mass is 16.7. The Morgan fingerprint density at radius 1 is 0.611 bits per heavy atom. The molecule has 0 saturated heterocycles. The molecule has 0 bridgehead atoms. The van der Waals surface area contributed by atoms with Crippen molar-refractivity contribution in [1.29, 1.82) is 0 Å². The number of methoxy groups -OCH3 is 1. The second kappa shape index (κ2) is 17.5. The van der Waals surface area contributed by atoms with Crippen LogP contribution in [-0.2, 0) is 9.47 Å². The van der Waals surface area contributed by atoms with E-state index in [9.17, 15) is 34.9 Å². The molecule has 0 aromatic heterocycles. The number of nitro groups is 2. The van der Waals surface area contributed by atoms with Gasteiger partial charge in [0.2, 0.25) is 0 Å². The lowest BCUT2D eigenvalue weighted by atomic mass is 9.84. The van der Waals surface area contributed by atoms with Crippen LogP contribution in [0.2, 0.25) is 0 Å². The van der Waals surface area contributed by atoms with Gasteiger partial charge in [-0.15, -0.1) is 0 Å². The molecule has 5 aromatic carbocycles. The number of rotatable bonds is 14. The maximum atomic E-state index is 12.5. The van der Waals surface area contributed by atoms with E-state index >= 15 is 0 Å². The van der Waals surface area contributed by atoms with Gasteiger partial charge < -0.3 is 28.8 Å². The molecule has 0 saturated carbocycles. The van der Waals surface area contributed by atoms with Crippen molar-refractivity contribution in [3.8, 4) is 23.0 Å². The SMILES string of the molecule is COc1ccc(C(c2ccc(OC(=O)OCC(C)c3ccccc3[N+](=O)[O-])cc2)c2ccc(OC(=O)OCC(C)c3ccccc3[N+](=O)[O-])cc2)c(O)c1. The molecule has 1 N–H and O–H groups in total. The second-order valence-corrected chi connectivity index (χ2v) is 12.3. The molecule has 5 aromatic rings. The van der Waals surface area contributed by atoms with Crippen LogP contribution in [0, 0.1) is 20.2 Å². The molecule has 0 aliphatic rings. The molecule has 0 aliphatic carbocycles. The topological polar surface area (TPSA) is 187 Å². The van der Waals surface area contributed by atoms with E-state index in [4.69, 9.17) is 23.7 Å². The first-order valence-electron chi connectivity index (χ1n) is 16.7. The van der Waals surface area contributed by atoms with E-state index in [1.54, 1.807) is 111 Å². The van der Waals surface area contributed by atoms with Crippen LogP contribution in [-0.4, -0.2) is 47.6 Å². The van der Waals surface area contributed by atoms with E-state index < -0.39 is 39.9 Å². The van der Waals surface area contributed by atoms with Crippen LogP contribution < -0.4 is 14.2 Å². The smallest absolute Gasteiger partial charge is 0.507 e. The Hall–Kier alpha value is -6.96. The Morgan fingerprint density at radius 3 is 1.41 bits per heavy atom. The molecule has 0 spiro atoms. The number of hydrogen-bond donors (Lipinski definition) is 1. The van der Waals surface area contributed by atoms with Gasteiger partial charge in [0.05, 0.1) is 17.0 Å². The summed E-state index contributed by atoms with van der Waals surface area (Å²) < 4.78 is 26.5. The van der Waals surface area contributed by atoms with Crippen LogP contribution >= 0.6 is 0 Å². The van der Waals surface area contributed by atoms with Crippen molar-refractivity contribution in [2.24, 2.45) is 0 Å². The Kier molecular flexibility index (Phi) is 12.4. The third-order valence-corrected chi connectivity index (χ3v) is 8.61. The summed E-state index contributed by atoms with van der Waals surface area (Å²) in [6, 6.07) is 30.5. The lowest BCUT2D eigenvalue weighted by molar-refractivity contribution is -0.385. The van der Waals surface area contributed by atoms with E-state index in [1.807, 2.05) is 0 Å². The summed E-state index contributed by atoms with van der Waals surface area (Å²) in [7, 11) is 1.48. The van der Waals surface area contributed by atoms with E-state index in [1.165, 1.54) is 25.3 Å². The Labute approximate surface area is 309 Å². The van der Waals surface area contributed by atoms with Gasteiger partial charge >= 0.3 is 12.3 Å². The molecule has 14 nitrogen and oxygen atoms in total. The first-order chi connectivity index (χ1) is 25.9. The highest BCUT2D eigenvalue weighted by Crippen LogP contribution is 2.39. The van der Waals surface area contributed by atoms with E-state index in [2.05, 4.69) is 0 Å². The lowest BCUT2D eigenvalue weighted by Gasteiger charge is -2.21. The van der Waals surface area contributed by atoms with Gasteiger partial charge in [0.15, 0.2) is 0 Å². The summed E-state index contributed by atoms with van der Waals surface area (Å²) >= 11 is 0. The summed E-state index contributed by atoms with van der Waals surface area (Å²) in [5.41, 5.74) is 2.66. The monoisotopic (exact) mass is 736 g/mol. The predicted molar refractivity (Wildman–Crippen MR) is 195 cm³/mol. The normalized spacial score (nSPS) is 12.4. The van der Waals surface area contributed by atoms with Gasteiger partial charge in [0.1, 0.15) is 36.2 Å². The zero-order chi connectivity index (χ0) is 38.8. The number of nitro benzene ring substituents is 2. The van der Waals surface area contributed by atoms with Crippen LogP contribution in [0.4, 0.5) is 21.0 Å². The molecule has 0 amide bonds. The molecule has 0 aliphatic heterocycles. The van der Waals surface area contributed by atoms with Crippen LogP contribution in [0.5, 0.6) is 23.0 Å². The number of para-hydroxylation sites is 2. The molecule has 0 fully saturated rings. The Bertz CT molecular complexity index is 1990. The lowest BCUT2D eigenvalue weighted by Crippen LogP contribution is -2.15. The average Bonchev–Trinajstić information content (AvgIpc) is 3.17. The van der Waals surface area contributed by atoms with Gasteiger partial charge in [0, 0.05) is 52.6 Å². The molecule has 2 unspecified atom stereocenters. The maximum absolute atomic E-state index is 12.5. The number of phenolic OH excluding ortho intramolecular Hbond substituents is 1. The van der Waals surface area contributed by atoms with Crippen molar-refractivity contribution in [2.75, 3.05) is 20.3 Å². The number of benzene rings is 5. The summed E-state index contributed by atoms with van der Waals surface area (Å²) in [4.78, 5) is 46.8. The molecule has 0 heterocycles. The number of phenols is 1. The number of aromatic hydroxyl groups is 1. The van der Waals surface area contributed by atoms with Crippen molar-refractivity contribution in [3.05, 3.63) is 163 Å². The van der Waals surface area contributed by atoms with Crippen molar-refractivity contribution < 1.29 is 48.2 Å². The predicted octanol–water partition coefficient (Wildman–Crippen LogP) is 9.04. The number of carbonyl (C=O) groups excluding carboxylic acids is 2. The minimum Gasteiger partial charge on any atom is -0.507 e. The van der Waals surface area contributed by atoms with Crippen LogP contribution in [0.1, 0.15) is 59.4 Å². The number of ether oxygens (including phenoxy) is 5. The average molecular weight is 737 g/mol. The van der Waals surface area contributed by atoms with Crippen LogP contribution in [0.15, 0.2) is 115 Å². The summed E-state index contributed by atoms with van der Waals surface area (Å²) in [6.07, 6.45) is -1.97. The van der Waals surface area contributed by atoms with Gasteiger partial charge in [-0.05, 0) is 41.5 Å². The molecule has 278 valence electrons. The quantitative estimate of drug-likeness (QED) is 0.0375. The molecule has 14 heteroatoms. The van der Waals surface area contributed by atoms with Crippen LogP contribution in [0.25, 0.3) is 0 Å². The molecule has 54 heavy (non-hydrogen) atoms. The largest absolute Gasteiger partial charge is 0.513 e. The highest BCUT2D eigenvalue weighted by molar-refractivity contribution is 5.65. The van der Waals surface area contributed by atoms with Crippen molar-refractivity contribution in [2.45, 2.75) is 31.6 Å². The fourth-order valence-corrected chi connectivity index (χ4v) is 5.86. The summed E-state index contributed by atoms with van der Waals surface area (Å²) in [5, 5.41) is 33.8. The third kappa shape index (κ3) is 9.47. The minimum absolute atomic E-state index is 0.0345. The van der Waals surface area contributed by atoms with Crippen molar-refractivity contribution in [1.82, 2.24) is 0 Å². The first kappa shape index (κ1) is 38.3. The zero-order valence-electron chi connectivity index (χ0n) is 29.4. The van der Waals surface area contributed by atoms with Gasteiger partial charge in [-0.3, -0.25) is 20.2 Å². The van der Waals surface area contributed by atoms with E-state index in [0.717, 1.165) is 0 Å². The van der Waals surface area contributed by atoms with Gasteiger partial charge in [-0.2, -0.15) is 0 Å². The highest BCUT2D eigenvalue weighted by Gasteiger charge is 2.24. The van der Waals surface area contributed by atoms with E-state index in [0.29, 0.717) is 33.6 Å². The third-order valence-electron chi connectivity index (χ3n) is 8.61. The molecular weight excluding hydrogens is 700 g/mol. The fourth-order valence-electron chi connectivity index (χ4n) is 5.86. The van der Waals surface area contributed by atoms with E-state index in [-0.39, 0.29) is 41.8 Å². The van der Waals surface area contributed by atoms with Crippen LogP contribution in [0.3, 0.4) is 0 Å². The Balaban J connectivity index is 1.27. The Morgan fingerprint density at radius 2 is 1.02 bits per heavy atom. The molecule has 0 radical (unpaired) electrons. The van der Waals surface area contributed by atoms with Gasteiger partial charge in [0.25, 0.3) is 11.4 Å². The van der Waals surface area contributed by atoms with Crippen molar-refractivity contribution in [3.63, 3.8) is 0 Å². The summed E-state index contributed by atoms with van der Waals surface area (Å²) in [5.74, 6) is -0.688. The molecule has 5 rings (SSSR count). The first-order valence-corrected chi connectivity index (χ1v) is 16.7. The second-order valence-electron chi connectivity index (χ2n) is 12.3. The van der Waals surface area contributed by atoms with Gasteiger partial charge in [-0.25, -0.2) is 9.59 Å². The maximum Gasteiger partial charge on any atom is 0.513 e. The minimum atomic E-state index is -0.984. The zero-order valence-corrected chi connectivity index (χ0v) is 29.4. The molecule has 2 atom stereocenters. The number of hydrogen-bond acceptors (Lipinski definition) is 12. The van der Waals surface area contributed by atoms with Crippen molar-refractivity contribution >= 4 is 23.7 Å². The molecular formula is C40H36N2O12. The number of carbonyl (C=O) groups is 2. The number of nitrogens with zero attached hydrogens (tertiary/aromatic N) is 2. The van der Waals surface area contributed by atoms with Gasteiger partial charge in [-0.1, -0.05) is 80.6 Å².